The van der Waals surface area contributed by atoms with E-state index in [-0.39, 0.29) is 17.9 Å². The number of aromatic nitrogens is 3. The van der Waals surface area contributed by atoms with Crippen molar-refractivity contribution in [2.75, 3.05) is 0 Å². The SMILES string of the molecule is Cc1nc(C(=O)NCc2cccc(C(=O)O)c2)n[nH]1. The van der Waals surface area contributed by atoms with Crippen molar-refractivity contribution in [2.24, 2.45) is 0 Å². The highest BCUT2D eigenvalue weighted by atomic mass is 16.4. The van der Waals surface area contributed by atoms with E-state index in [0.717, 1.165) is 0 Å². The Balaban J connectivity index is 2.01. The maximum atomic E-state index is 11.7. The van der Waals surface area contributed by atoms with Crippen LogP contribution in [0.1, 0.15) is 32.4 Å². The Morgan fingerprint density at radius 1 is 1.42 bits per heavy atom. The average Bonchev–Trinajstić information content (AvgIpc) is 2.83. The standard InChI is InChI=1S/C12H12N4O3/c1-7-14-10(16-15-7)11(17)13-6-8-3-2-4-9(5-8)12(18)19/h2-5H,6H2,1H3,(H,13,17)(H,18,19)(H,14,15,16). The molecule has 19 heavy (non-hydrogen) atoms. The number of nitrogens with one attached hydrogen (secondary N) is 2. The van der Waals surface area contributed by atoms with Crippen LogP contribution in [0.3, 0.4) is 0 Å². The van der Waals surface area contributed by atoms with E-state index < -0.39 is 11.9 Å². The Bertz CT molecular complexity index is 621. The summed E-state index contributed by atoms with van der Waals surface area (Å²) in [6, 6.07) is 6.36. The summed E-state index contributed by atoms with van der Waals surface area (Å²) >= 11 is 0. The zero-order valence-corrected chi connectivity index (χ0v) is 10.2. The van der Waals surface area contributed by atoms with Gasteiger partial charge in [-0.05, 0) is 24.6 Å². The molecule has 1 heterocycles. The van der Waals surface area contributed by atoms with Crippen molar-refractivity contribution in [2.45, 2.75) is 13.5 Å². The molecule has 1 aromatic heterocycles. The van der Waals surface area contributed by atoms with E-state index in [1.165, 1.54) is 12.1 Å². The average molecular weight is 260 g/mol. The summed E-state index contributed by atoms with van der Waals surface area (Å²) in [6.07, 6.45) is 0. The second kappa shape index (κ2) is 5.30. The van der Waals surface area contributed by atoms with Crippen molar-refractivity contribution in [1.82, 2.24) is 20.5 Å². The summed E-state index contributed by atoms with van der Waals surface area (Å²) in [7, 11) is 0. The monoisotopic (exact) mass is 260 g/mol. The Hall–Kier alpha value is -2.70. The molecule has 0 aliphatic carbocycles. The second-order valence-corrected chi connectivity index (χ2v) is 3.93. The third-order valence-corrected chi connectivity index (χ3v) is 2.43. The molecule has 0 aliphatic heterocycles. The van der Waals surface area contributed by atoms with Gasteiger partial charge < -0.3 is 10.4 Å². The first-order valence-electron chi connectivity index (χ1n) is 5.55. The first-order valence-corrected chi connectivity index (χ1v) is 5.55. The molecule has 0 unspecified atom stereocenters. The molecule has 2 aromatic rings. The smallest absolute Gasteiger partial charge is 0.335 e. The van der Waals surface area contributed by atoms with E-state index in [1.807, 2.05) is 0 Å². The van der Waals surface area contributed by atoms with Crippen LogP contribution in [0.2, 0.25) is 0 Å². The maximum absolute atomic E-state index is 11.7. The normalized spacial score (nSPS) is 10.2. The van der Waals surface area contributed by atoms with Crippen molar-refractivity contribution in [3.05, 3.63) is 47.0 Å². The lowest BCUT2D eigenvalue weighted by molar-refractivity contribution is 0.0696. The van der Waals surface area contributed by atoms with E-state index in [2.05, 4.69) is 20.5 Å². The molecular formula is C12H12N4O3. The van der Waals surface area contributed by atoms with Gasteiger partial charge in [-0.15, -0.1) is 5.10 Å². The highest BCUT2D eigenvalue weighted by Crippen LogP contribution is 2.05. The minimum Gasteiger partial charge on any atom is -0.478 e. The lowest BCUT2D eigenvalue weighted by Crippen LogP contribution is -2.24. The summed E-state index contributed by atoms with van der Waals surface area (Å²) in [6.45, 7) is 1.91. The van der Waals surface area contributed by atoms with Crippen LogP contribution in [0, 0.1) is 6.92 Å². The molecule has 0 saturated carbocycles. The Morgan fingerprint density at radius 2 is 2.21 bits per heavy atom. The van der Waals surface area contributed by atoms with Gasteiger partial charge in [-0.3, -0.25) is 9.89 Å². The Labute approximate surface area is 108 Å². The minimum atomic E-state index is -1.00. The lowest BCUT2D eigenvalue weighted by atomic mass is 10.1. The minimum absolute atomic E-state index is 0.0619. The molecule has 0 radical (unpaired) electrons. The lowest BCUT2D eigenvalue weighted by Gasteiger charge is -2.03. The molecule has 0 saturated heterocycles. The zero-order valence-electron chi connectivity index (χ0n) is 10.2. The van der Waals surface area contributed by atoms with Gasteiger partial charge in [0.05, 0.1) is 5.56 Å². The summed E-state index contributed by atoms with van der Waals surface area (Å²) in [5.74, 6) is -0.798. The number of amides is 1. The number of hydrogen-bond acceptors (Lipinski definition) is 4. The van der Waals surface area contributed by atoms with Crippen LogP contribution >= 0.6 is 0 Å². The molecular weight excluding hydrogens is 248 g/mol. The number of carboxylic acids is 1. The van der Waals surface area contributed by atoms with Crippen molar-refractivity contribution < 1.29 is 14.7 Å². The van der Waals surface area contributed by atoms with Gasteiger partial charge >= 0.3 is 5.97 Å². The number of benzene rings is 1. The van der Waals surface area contributed by atoms with Gasteiger partial charge in [-0.1, -0.05) is 12.1 Å². The van der Waals surface area contributed by atoms with E-state index >= 15 is 0 Å². The molecule has 0 aliphatic rings. The summed E-state index contributed by atoms with van der Waals surface area (Å²) in [5, 5.41) is 17.8. The third-order valence-electron chi connectivity index (χ3n) is 2.43. The molecule has 2 rings (SSSR count). The largest absolute Gasteiger partial charge is 0.478 e. The molecule has 0 atom stereocenters. The van der Waals surface area contributed by atoms with Crippen LogP contribution in [0.15, 0.2) is 24.3 Å². The predicted molar refractivity (Wildman–Crippen MR) is 65.7 cm³/mol. The molecule has 98 valence electrons. The van der Waals surface area contributed by atoms with Crippen molar-refractivity contribution in [3.8, 4) is 0 Å². The Kier molecular flexibility index (Phi) is 3.56. The number of hydrogen-bond donors (Lipinski definition) is 3. The van der Waals surface area contributed by atoms with Crippen LogP contribution in [0.5, 0.6) is 0 Å². The fourth-order valence-corrected chi connectivity index (χ4v) is 1.52. The van der Waals surface area contributed by atoms with Crippen LogP contribution in [-0.4, -0.2) is 32.2 Å². The molecule has 0 spiro atoms. The fraction of sp³-hybridized carbons (Fsp3) is 0.167. The topological polar surface area (TPSA) is 108 Å². The molecule has 7 heteroatoms. The molecule has 0 fully saturated rings. The van der Waals surface area contributed by atoms with Crippen molar-refractivity contribution in [1.29, 1.82) is 0 Å². The van der Waals surface area contributed by atoms with Gasteiger partial charge in [0.1, 0.15) is 5.82 Å². The molecule has 7 nitrogen and oxygen atoms in total. The second-order valence-electron chi connectivity index (χ2n) is 3.93. The summed E-state index contributed by atoms with van der Waals surface area (Å²) in [4.78, 5) is 26.4. The van der Waals surface area contributed by atoms with Crippen LogP contribution < -0.4 is 5.32 Å². The number of nitrogens with zero attached hydrogens (tertiary/aromatic N) is 2. The fourth-order valence-electron chi connectivity index (χ4n) is 1.52. The molecule has 1 amide bonds. The zero-order chi connectivity index (χ0) is 13.8. The highest BCUT2D eigenvalue weighted by Gasteiger charge is 2.11. The van der Waals surface area contributed by atoms with Gasteiger partial charge in [0.25, 0.3) is 5.91 Å². The van der Waals surface area contributed by atoms with E-state index in [4.69, 9.17) is 5.11 Å². The van der Waals surface area contributed by atoms with Crippen LogP contribution in [-0.2, 0) is 6.54 Å². The summed E-state index contributed by atoms with van der Waals surface area (Å²) in [5.41, 5.74) is 0.876. The number of rotatable bonds is 4. The van der Waals surface area contributed by atoms with E-state index in [1.54, 1.807) is 19.1 Å². The van der Waals surface area contributed by atoms with Crippen molar-refractivity contribution in [3.63, 3.8) is 0 Å². The van der Waals surface area contributed by atoms with E-state index in [0.29, 0.717) is 11.4 Å². The van der Waals surface area contributed by atoms with Gasteiger partial charge in [-0.2, -0.15) is 0 Å². The van der Waals surface area contributed by atoms with Gasteiger partial charge in [-0.25, -0.2) is 9.78 Å². The number of carbonyl (C=O) groups is 2. The maximum Gasteiger partial charge on any atom is 0.335 e. The number of aromatic amines is 1. The van der Waals surface area contributed by atoms with Crippen LogP contribution in [0.4, 0.5) is 0 Å². The first kappa shape index (κ1) is 12.7. The molecule has 0 bridgehead atoms. The first-order chi connectivity index (χ1) is 9.06. The number of H-pyrrole nitrogens is 1. The quantitative estimate of drug-likeness (QED) is 0.751. The van der Waals surface area contributed by atoms with Crippen LogP contribution in [0.25, 0.3) is 0 Å². The van der Waals surface area contributed by atoms with Gasteiger partial charge in [0, 0.05) is 6.54 Å². The third kappa shape index (κ3) is 3.15. The Morgan fingerprint density at radius 3 is 2.84 bits per heavy atom. The number of carboxylic acid groups (broad SMARTS) is 1. The number of carbonyl (C=O) groups excluding carboxylic acids is 1. The number of aromatic carboxylic acids is 1. The highest BCUT2D eigenvalue weighted by molar-refractivity contribution is 5.90. The number of aryl methyl sites for hydroxylation is 1. The van der Waals surface area contributed by atoms with Gasteiger partial charge in [0.2, 0.25) is 5.82 Å². The molecule has 1 aromatic carbocycles. The summed E-state index contributed by atoms with van der Waals surface area (Å²) < 4.78 is 0. The van der Waals surface area contributed by atoms with Crippen molar-refractivity contribution >= 4 is 11.9 Å². The molecule has 3 N–H and O–H groups in total. The van der Waals surface area contributed by atoms with E-state index in [9.17, 15) is 9.59 Å². The van der Waals surface area contributed by atoms with Gasteiger partial charge in [0.15, 0.2) is 0 Å². The predicted octanol–water partition coefficient (Wildman–Crippen LogP) is 0.741.